The second-order valence-corrected chi connectivity index (χ2v) is 13.8. The molecule has 1 aromatic heterocycles. The largest absolute Gasteiger partial charge is 0.379 e. The number of aromatic nitrogens is 2. The fraction of sp³-hybridized carbons (Fsp3) is 0.154. The lowest BCUT2D eigenvalue weighted by Gasteiger charge is -2.11. The number of carbonyl (C=O) groups excluding carboxylic acids is 1. The summed E-state index contributed by atoms with van der Waals surface area (Å²) in [5.41, 5.74) is 0.696. The van der Waals surface area contributed by atoms with E-state index in [1.54, 1.807) is 11.8 Å². The molecule has 0 fully saturated rings. The van der Waals surface area contributed by atoms with E-state index in [2.05, 4.69) is 10.4 Å². The SMILES string of the molecule is CN(C)S(=O)(=O)n1cc(-c2ccc(C(=O)NS(=O)(=O)c3ccc(NCCSc4ccccc4)c([N+](=O)[O-])c3)cc2)cn1. The maximum Gasteiger partial charge on any atom is 0.322 e. The number of thioether (sulfide) groups is 1. The van der Waals surface area contributed by atoms with Crippen LogP contribution in [-0.2, 0) is 20.2 Å². The first-order valence-corrected chi connectivity index (χ1v) is 16.1. The standard InChI is InChI=1S/C26H26N6O7S3/c1-30(2)42(38,39)31-18-21(17-28-31)19-8-10-20(11-9-19)26(33)29-41(36,37)23-12-13-24(25(16-23)32(34)35)27-14-15-40-22-6-4-3-5-7-22/h3-13,16-18,27H,14-15H2,1-2H3,(H,29,33). The molecule has 16 heteroatoms. The van der Waals surface area contributed by atoms with Crippen LogP contribution in [0.5, 0.6) is 0 Å². The number of hydrogen-bond donors (Lipinski definition) is 2. The molecule has 13 nitrogen and oxygen atoms in total. The first-order valence-electron chi connectivity index (χ1n) is 12.2. The summed E-state index contributed by atoms with van der Waals surface area (Å²) in [6.07, 6.45) is 2.65. The molecule has 0 radical (unpaired) electrons. The number of benzene rings is 3. The van der Waals surface area contributed by atoms with E-state index < -0.39 is 41.6 Å². The van der Waals surface area contributed by atoms with Gasteiger partial charge in [0.15, 0.2) is 0 Å². The number of nitro benzene ring substituents is 1. The minimum absolute atomic E-state index is 0.000618. The Hall–Kier alpha value is -4.25. The van der Waals surface area contributed by atoms with Crippen molar-refractivity contribution < 1.29 is 26.6 Å². The molecule has 1 heterocycles. The fourth-order valence-electron chi connectivity index (χ4n) is 3.65. The van der Waals surface area contributed by atoms with Crippen molar-refractivity contribution in [3.05, 3.63) is 101 Å². The quantitative estimate of drug-likeness (QED) is 0.102. The number of anilines is 1. The van der Waals surface area contributed by atoms with E-state index in [0.29, 0.717) is 23.4 Å². The molecule has 0 aliphatic carbocycles. The second kappa shape index (κ2) is 12.7. The average Bonchev–Trinajstić information content (AvgIpc) is 3.47. The summed E-state index contributed by atoms with van der Waals surface area (Å²) >= 11 is 1.56. The molecule has 0 bridgehead atoms. The molecule has 0 saturated carbocycles. The van der Waals surface area contributed by atoms with Gasteiger partial charge < -0.3 is 5.32 Å². The van der Waals surface area contributed by atoms with E-state index in [0.717, 1.165) is 19.4 Å². The van der Waals surface area contributed by atoms with Gasteiger partial charge in [0.2, 0.25) is 0 Å². The molecular weight excluding hydrogens is 605 g/mol. The highest BCUT2D eigenvalue weighted by molar-refractivity contribution is 7.99. The summed E-state index contributed by atoms with van der Waals surface area (Å²) in [6.45, 7) is 0.394. The monoisotopic (exact) mass is 630 g/mol. The molecule has 2 N–H and O–H groups in total. The fourth-order valence-corrected chi connectivity index (χ4v) is 6.18. The predicted octanol–water partition coefficient (Wildman–Crippen LogP) is 3.44. The maximum atomic E-state index is 12.9. The number of hydrogen-bond acceptors (Lipinski definition) is 10. The maximum absolute atomic E-state index is 12.9. The molecule has 0 aliphatic rings. The zero-order valence-corrected chi connectivity index (χ0v) is 24.8. The number of rotatable bonds is 12. The van der Waals surface area contributed by atoms with Gasteiger partial charge in [-0.3, -0.25) is 14.9 Å². The first-order chi connectivity index (χ1) is 19.9. The van der Waals surface area contributed by atoms with Gasteiger partial charge in [-0.2, -0.15) is 21.9 Å². The number of nitro groups is 1. The van der Waals surface area contributed by atoms with Crippen molar-refractivity contribution in [2.45, 2.75) is 9.79 Å². The Morgan fingerprint density at radius 1 is 1.00 bits per heavy atom. The molecule has 42 heavy (non-hydrogen) atoms. The van der Waals surface area contributed by atoms with E-state index >= 15 is 0 Å². The van der Waals surface area contributed by atoms with E-state index in [-0.39, 0.29) is 11.3 Å². The smallest absolute Gasteiger partial charge is 0.322 e. The zero-order chi connectivity index (χ0) is 30.5. The zero-order valence-electron chi connectivity index (χ0n) is 22.4. The van der Waals surface area contributed by atoms with E-state index in [1.807, 2.05) is 35.1 Å². The van der Waals surface area contributed by atoms with Crippen molar-refractivity contribution in [3.8, 4) is 11.1 Å². The lowest BCUT2D eigenvalue weighted by Crippen LogP contribution is -2.30. The van der Waals surface area contributed by atoms with E-state index in [1.165, 1.54) is 62.9 Å². The van der Waals surface area contributed by atoms with Gasteiger partial charge in [0.1, 0.15) is 5.69 Å². The van der Waals surface area contributed by atoms with Gasteiger partial charge in [-0.1, -0.05) is 30.3 Å². The molecule has 0 spiro atoms. The molecule has 0 atom stereocenters. The minimum Gasteiger partial charge on any atom is -0.379 e. The normalized spacial score (nSPS) is 11.8. The predicted molar refractivity (Wildman–Crippen MR) is 159 cm³/mol. The number of carbonyl (C=O) groups is 1. The Balaban J connectivity index is 1.43. The van der Waals surface area contributed by atoms with Gasteiger partial charge in [0.05, 0.1) is 22.2 Å². The molecule has 3 aromatic carbocycles. The van der Waals surface area contributed by atoms with Gasteiger partial charge in [0.25, 0.3) is 21.6 Å². The summed E-state index contributed by atoms with van der Waals surface area (Å²) in [6, 6.07) is 18.7. The Morgan fingerprint density at radius 2 is 1.69 bits per heavy atom. The van der Waals surface area contributed by atoms with Crippen LogP contribution < -0.4 is 10.0 Å². The van der Waals surface area contributed by atoms with Crippen LogP contribution >= 0.6 is 11.8 Å². The van der Waals surface area contributed by atoms with Crippen LogP contribution in [0.3, 0.4) is 0 Å². The van der Waals surface area contributed by atoms with Gasteiger partial charge in [-0.15, -0.1) is 11.8 Å². The minimum atomic E-state index is -4.45. The lowest BCUT2D eigenvalue weighted by molar-refractivity contribution is -0.384. The summed E-state index contributed by atoms with van der Waals surface area (Å²) < 4.78 is 54.0. The van der Waals surface area contributed by atoms with Gasteiger partial charge in [-0.25, -0.2) is 13.1 Å². The van der Waals surface area contributed by atoms with Crippen LogP contribution in [0, 0.1) is 10.1 Å². The van der Waals surface area contributed by atoms with Crippen LogP contribution in [0.15, 0.2) is 95.0 Å². The summed E-state index contributed by atoms with van der Waals surface area (Å²) in [5, 5.41) is 18.5. The third-order valence-corrected chi connectivity index (χ3v) is 9.81. The summed E-state index contributed by atoms with van der Waals surface area (Å²) in [4.78, 5) is 24.3. The topological polar surface area (TPSA) is 174 Å². The van der Waals surface area contributed by atoms with Crippen molar-refractivity contribution in [3.63, 3.8) is 0 Å². The number of sulfonamides is 1. The summed E-state index contributed by atoms with van der Waals surface area (Å²) in [5.74, 6) is -0.330. The molecule has 4 aromatic rings. The Kier molecular flexibility index (Phi) is 9.30. The van der Waals surface area contributed by atoms with Crippen LogP contribution in [-0.4, -0.2) is 67.6 Å². The van der Waals surface area contributed by atoms with Crippen molar-refractivity contribution in [1.82, 2.24) is 18.2 Å². The highest BCUT2D eigenvalue weighted by Crippen LogP contribution is 2.28. The van der Waals surface area contributed by atoms with E-state index in [4.69, 9.17) is 0 Å². The van der Waals surface area contributed by atoms with Crippen LogP contribution in [0.1, 0.15) is 10.4 Å². The van der Waals surface area contributed by atoms with Crippen molar-refractivity contribution in [2.75, 3.05) is 31.7 Å². The first kappa shape index (κ1) is 30.7. The van der Waals surface area contributed by atoms with Crippen LogP contribution in [0.2, 0.25) is 0 Å². The van der Waals surface area contributed by atoms with Crippen LogP contribution in [0.4, 0.5) is 11.4 Å². The molecule has 220 valence electrons. The number of amides is 1. The molecule has 0 saturated heterocycles. The molecule has 4 rings (SSSR count). The van der Waals surface area contributed by atoms with Crippen molar-refractivity contribution in [2.24, 2.45) is 0 Å². The molecule has 0 aliphatic heterocycles. The van der Waals surface area contributed by atoms with E-state index in [9.17, 15) is 31.7 Å². The van der Waals surface area contributed by atoms with Crippen LogP contribution in [0.25, 0.3) is 11.1 Å². The molecule has 0 unspecified atom stereocenters. The third-order valence-electron chi connectivity index (χ3n) is 5.87. The Morgan fingerprint density at radius 3 is 2.33 bits per heavy atom. The van der Waals surface area contributed by atoms with Gasteiger partial charge in [0, 0.05) is 48.5 Å². The third kappa shape index (κ3) is 7.14. The molecular formula is C26H26N6O7S3. The lowest BCUT2D eigenvalue weighted by atomic mass is 10.1. The van der Waals surface area contributed by atoms with Gasteiger partial charge >= 0.3 is 10.2 Å². The second-order valence-electron chi connectivity index (χ2n) is 8.93. The average molecular weight is 631 g/mol. The number of nitrogens with zero attached hydrogens (tertiary/aromatic N) is 4. The highest BCUT2D eigenvalue weighted by atomic mass is 32.2. The van der Waals surface area contributed by atoms with Crippen molar-refractivity contribution in [1.29, 1.82) is 0 Å². The van der Waals surface area contributed by atoms with Gasteiger partial charge in [-0.05, 0) is 42.0 Å². The Labute approximate surface area is 246 Å². The number of nitrogens with one attached hydrogen (secondary N) is 2. The molecule has 1 amide bonds. The highest BCUT2D eigenvalue weighted by Gasteiger charge is 2.24. The Bertz CT molecular complexity index is 1810. The van der Waals surface area contributed by atoms with Crippen molar-refractivity contribution >= 4 is 49.3 Å². The summed E-state index contributed by atoms with van der Waals surface area (Å²) in [7, 11) is -5.50.